The van der Waals surface area contributed by atoms with Gasteiger partial charge in [-0.05, 0) is 31.1 Å². The van der Waals surface area contributed by atoms with Crippen LogP contribution >= 0.6 is 0 Å². The van der Waals surface area contributed by atoms with Gasteiger partial charge >= 0.3 is 0 Å². The second kappa shape index (κ2) is 10.2. The molecule has 1 saturated carbocycles. The van der Waals surface area contributed by atoms with Gasteiger partial charge in [0.2, 0.25) is 5.91 Å². The van der Waals surface area contributed by atoms with Gasteiger partial charge in [-0.2, -0.15) is 0 Å². The first kappa shape index (κ1) is 20.4. The number of carboxylic acid groups (broad SMARTS) is 1. The summed E-state index contributed by atoms with van der Waals surface area (Å²) in [5.74, 6) is -1.93. The van der Waals surface area contributed by atoms with Crippen LogP contribution in [0.5, 0.6) is 0 Å². The van der Waals surface area contributed by atoms with Gasteiger partial charge in [0.15, 0.2) is 0 Å². The fraction of sp³-hybridized carbons (Fsp3) is 0.722. The molecule has 1 aliphatic rings. The zero-order valence-corrected chi connectivity index (χ0v) is 14.5. The smallest absolute Gasteiger partial charge is 0.220 e. The molecule has 0 aromatic carbocycles. The molecule has 0 spiro atoms. The fourth-order valence-corrected chi connectivity index (χ4v) is 3.12. The van der Waals surface area contributed by atoms with Crippen molar-refractivity contribution >= 4 is 17.7 Å². The highest BCUT2D eigenvalue weighted by atomic mass is 16.4. The van der Waals surface area contributed by atoms with Gasteiger partial charge in [-0.1, -0.05) is 32.4 Å². The van der Waals surface area contributed by atoms with E-state index in [0.717, 1.165) is 0 Å². The van der Waals surface area contributed by atoms with Crippen molar-refractivity contribution in [3.05, 3.63) is 12.2 Å². The molecule has 2 N–H and O–H groups in total. The molecule has 0 heterocycles. The number of hydrogen-bond donors (Lipinski definition) is 2. The number of aliphatic hydroxyl groups excluding tert-OH is 1. The monoisotopic (exact) mass is 338 g/mol. The number of Topliss-reactive ketones (excluding diaryl/α,β-unsaturated/α-hetero) is 1. The van der Waals surface area contributed by atoms with E-state index < -0.39 is 12.0 Å². The van der Waals surface area contributed by atoms with Crippen LogP contribution in [0, 0.1) is 17.8 Å². The van der Waals surface area contributed by atoms with Crippen LogP contribution in [-0.4, -0.2) is 35.4 Å². The fourth-order valence-electron chi connectivity index (χ4n) is 3.12. The Morgan fingerprint density at radius 1 is 1.42 bits per heavy atom. The summed E-state index contributed by atoms with van der Waals surface area (Å²) < 4.78 is 0. The number of carbonyl (C=O) groups excluding carboxylic acids is 3. The number of nitrogens with one attached hydrogen (secondary N) is 1. The van der Waals surface area contributed by atoms with Crippen LogP contribution in [0.25, 0.3) is 0 Å². The third kappa shape index (κ3) is 6.07. The maximum absolute atomic E-state index is 12.2. The van der Waals surface area contributed by atoms with Crippen LogP contribution in [0.15, 0.2) is 12.2 Å². The topological polar surface area (TPSA) is 107 Å². The third-order valence-corrected chi connectivity index (χ3v) is 4.83. The summed E-state index contributed by atoms with van der Waals surface area (Å²) in [5, 5.41) is 22.5. The Kier molecular flexibility index (Phi) is 8.68. The van der Waals surface area contributed by atoms with E-state index >= 15 is 0 Å². The molecule has 1 rings (SSSR count). The van der Waals surface area contributed by atoms with Crippen LogP contribution in [-0.2, 0) is 14.4 Å². The number of allylic oxidation sites excluding steroid dienone is 1. The highest BCUT2D eigenvalue weighted by Crippen LogP contribution is 2.34. The summed E-state index contributed by atoms with van der Waals surface area (Å²) in [4.78, 5) is 35.4. The van der Waals surface area contributed by atoms with Crippen molar-refractivity contribution in [1.29, 1.82) is 0 Å². The SMILES string of the molecule is CC[C@H](C)[C@H](NC(=O)C[C@H]1CCC(=O)[C@H]1C/C=C\CCO)C(=O)[O-]. The van der Waals surface area contributed by atoms with E-state index in [-0.39, 0.29) is 42.5 Å². The molecule has 0 aliphatic heterocycles. The lowest BCUT2D eigenvalue weighted by atomic mass is 9.89. The number of ketones is 1. The number of aliphatic carboxylic acids is 1. The van der Waals surface area contributed by atoms with Gasteiger partial charge in [0.1, 0.15) is 5.78 Å². The Morgan fingerprint density at radius 3 is 2.71 bits per heavy atom. The van der Waals surface area contributed by atoms with Gasteiger partial charge in [-0.15, -0.1) is 0 Å². The van der Waals surface area contributed by atoms with Crippen molar-refractivity contribution in [3.8, 4) is 0 Å². The summed E-state index contributed by atoms with van der Waals surface area (Å²) in [6, 6.07) is -0.998. The third-order valence-electron chi connectivity index (χ3n) is 4.83. The Balaban J connectivity index is 2.60. The summed E-state index contributed by atoms with van der Waals surface area (Å²) in [7, 11) is 0. The minimum absolute atomic E-state index is 0.0596. The summed E-state index contributed by atoms with van der Waals surface area (Å²) in [6.07, 6.45) is 6.72. The standard InChI is InChI=1S/C18H29NO5/c1-3-12(2)17(18(23)24)19-16(22)11-13-8-9-15(21)14(13)7-5-4-6-10-20/h4-5,12-14,17,20H,3,6-11H2,1-2H3,(H,19,22)(H,23,24)/p-1/b5-4-/t12-,13+,14-,17-/m0/s1. The van der Waals surface area contributed by atoms with E-state index in [1.54, 1.807) is 6.92 Å². The molecule has 1 fully saturated rings. The lowest BCUT2D eigenvalue weighted by Crippen LogP contribution is -2.51. The van der Waals surface area contributed by atoms with Gasteiger partial charge in [0.05, 0.1) is 12.0 Å². The molecule has 1 amide bonds. The van der Waals surface area contributed by atoms with Crippen molar-refractivity contribution in [2.75, 3.05) is 6.61 Å². The highest BCUT2D eigenvalue weighted by Gasteiger charge is 2.35. The number of aliphatic hydroxyl groups is 1. The molecule has 0 aromatic heterocycles. The second-order valence-electron chi connectivity index (χ2n) is 6.54. The molecular weight excluding hydrogens is 310 g/mol. The van der Waals surface area contributed by atoms with E-state index in [1.807, 2.05) is 19.1 Å². The van der Waals surface area contributed by atoms with Gasteiger partial charge in [0, 0.05) is 25.4 Å². The van der Waals surface area contributed by atoms with Crippen LogP contribution in [0.1, 0.15) is 52.4 Å². The van der Waals surface area contributed by atoms with Gasteiger partial charge in [-0.3, -0.25) is 9.59 Å². The molecule has 24 heavy (non-hydrogen) atoms. The lowest BCUT2D eigenvalue weighted by molar-refractivity contribution is -0.309. The van der Waals surface area contributed by atoms with E-state index in [0.29, 0.717) is 32.1 Å². The number of carbonyl (C=O) groups is 3. The van der Waals surface area contributed by atoms with E-state index in [1.165, 1.54) is 0 Å². The summed E-state index contributed by atoms with van der Waals surface area (Å²) in [6.45, 7) is 3.69. The molecule has 4 atom stereocenters. The van der Waals surface area contributed by atoms with Gasteiger partial charge < -0.3 is 20.3 Å². The lowest BCUT2D eigenvalue weighted by Gasteiger charge is -2.26. The number of rotatable bonds is 10. The Labute approximate surface area is 143 Å². The Bertz CT molecular complexity index is 474. The Hall–Kier alpha value is -1.69. The molecule has 1 aliphatic carbocycles. The van der Waals surface area contributed by atoms with Crippen LogP contribution in [0.4, 0.5) is 0 Å². The zero-order valence-electron chi connectivity index (χ0n) is 14.5. The minimum atomic E-state index is -1.27. The molecule has 0 aromatic rings. The summed E-state index contributed by atoms with van der Waals surface area (Å²) in [5.41, 5.74) is 0. The highest BCUT2D eigenvalue weighted by molar-refractivity contribution is 5.86. The van der Waals surface area contributed by atoms with Crippen molar-refractivity contribution in [2.45, 2.75) is 58.4 Å². The normalized spacial score (nSPS) is 23.4. The zero-order chi connectivity index (χ0) is 18.1. The molecule has 6 nitrogen and oxygen atoms in total. The first-order valence-corrected chi connectivity index (χ1v) is 8.69. The molecule has 0 radical (unpaired) electrons. The van der Waals surface area contributed by atoms with Crippen LogP contribution in [0.3, 0.4) is 0 Å². The van der Waals surface area contributed by atoms with Crippen molar-refractivity contribution < 1.29 is 24.6 Å². The van der Waals surface area contributed by atoms with E-state index in [9.17, 15) is 19.5 Å². The van der Waals surface area contributed by atoms with Gasteiger partial charge in [0.25, 0.3) is 0 Å². The maximum Gasteiger partial charge on any atom is 0.220 e. The van der Waals surface area contributed by atoms with Crippen molar-refractivity contribution in [3.63, 3.8) is 0 Å². The average Bonchev–Trinajstić information content (AvgIpc) is 2.88. The summed E-state index contributed by atoms with van der Waals surface area (Å²) >= 11 is 0. The Morgan fingerprint density at radius 2 is 2.12 bits per heavy atom. The molecule has 0 unspecified atom stereocenters. The molecule has 6 heteroatoms. The van der Waals surface area contributed by atoms with Crippen LogP contribution < -0.4 is 10.4 Å². The van der Waals surface area contributed by atoms with Gasteiger partial charge in [-0.25, -0.2) is 0 Å². The average molecular weight is 338 g/mol. The van der Waals surface area contributed by atoms with E-state index in [4.69, 9.17) is 5.11 Å². The minimum Gasteiger partial charge on any atom is -0.548 e. The van der Waals surface area contributed by atoms with Crippen molar-refractivity contribution in [1.82, 2.24) is 5.32 Å². The first-order chi connectivity index (χ1) is 11.4. The molecule has 136 valence electrons. The largest absolute Gasteiger partial charge is 0.548 e. The molecule has 0 saturated heterocycles. The second-order valence-corrected chi connectivity index (χ2v) is 6.54. The number of amides is 1. The predicted octanol–water partition coefficient (Wildman–Crippen LogP) is 0.581. The predicted molar refractivity (Wildman–Crippen MR) is 87.7 cm³/mol. The number of hydrogen-bond acceptors (Lipinski definition) is 5. The van der Waals surface area contributed by atoms with Crippen molar-refractivity contribution in [2.24, 2.45) is 17.8 Å². The molecule has 0 bridgehead atoms. The first-order valence-electron chi connectivity index (χ1n) is 8.69. The molecular formula is C18H28NO5-. The van der Waals surface area contributed by atoms with E-state index in [2.05, 4.69) is 5.32 Å². The number of carboxylic acids is 1. The quantitative estimate of drug-likeness (QED) is 0.567. The van der Waals surface area contributed by atoms with Crippen LogP contribution in [0.2, 0.25) is 0 Å². The maximum atomic E-state index is 12.2.